The minimum Gasteiger partial charge on any atom is -0.464 e. The monoisotopic (exact) mass is 431 g/mol. The fraction of sp³-hybridized carbons (Fsp3) is 0.217. The van der Waals surface area contributed by atoms with Gasteiger partial charge in [0, 0.05) is 5.69 Å². The molecule has 3 N–H and O–H groups in total. The van der Waals surface area contributed by atoms with E-state index in [1.165, 1.54) is 6.26 Å². The van der Waals surface area contributed by atoms with Crippen molar-refractivity contribution in [2.45, 2.75) is 37.5 Å². The first-order valence-corrected chi connectivity index (χ1v) is 10.5. The molecule has 2 heterocycles. The van der Waals surface area contributed by atoms with Crippen molar-refractivity contribution in [3.8, 4) is 23.5 Å². The summed E-state index contributed by atoms with van der Waals surface area (Å²) in [6.07, 6.45) is 2.24. The summed E-state index contributed by atoms with van der Waals surface area (Å²) in [6, 6.07) is 13.3. The number of hydrogen-bond acceptors (Lipinski definition) is 7. The molecule has 0 aliphatic rings. The maximum atomic E-state index is 12.9. The van der Waals surface area contributed by atoms with Gasteiger partial charge in [0.2, 0.25) is 5.91 Å². The van der Waals surface area contributed by atoms with Gasteiger partial charge in [-0.2, -0.15) is 10.5 Å². The van der Waals surface area contributed by atoms with Gasteiger partial charge in [0.25, 0.3) is 0 Å². The molecule has 0 aliphatic carbocycles. The second-order valence-electron chi connectivity index (χ2n) is 6.84. The molecule has 1 amide bonds. The number of nitrogens with one attached hydrogen (secondary N) is 1. The van der Waals surface area contributed by atoms with Gasteiger partial charge in [0.15, 0.2) is 0 Å². The zero-order chi connectivity index (χ0) is 22.5. The van der Waals surface area contributed by atoms with Crippen LogP contribution in [0.15, 0.2) is 46.0 Å². The Morgan fingerprint density at radius 2 is 2.00 bits per heavy atom. The maximum Gasteiger partial charge on any atom is 0.237 e. The quantitative estimate of drug-likeness (QED) is 0.543. The zero-order valence-corrected chi connectivity index (χ0v) is 18.2. The number of nitrogens with two attached hydrogens (primary N) is 1. The van der Waals surface area contributed by atoms with Gasteiger partial charge in [-0.25, -0.2) is 4.98 Å². The molecule has 1 atom stereocenters. The van der Waals surface area contributed by atoms with Crippen molar-refractivity contribution in [2.75, 3.05) is 11.1 Å². The van der Waals surface area contributed by atoms with Crippen LogP contribution in [0.1, 0.15) is 36.1 Å². The van der Waals surface area contributed by atoms with E-state index in [1.807, 2.05) is 38.1 Å². The third-order valence-electron chi connectivity index (χ3n) is 4.83. The number of hydrogen-bond donors (Lipinski definition) is 2. The number of nitrogen functional groups attached to an aromatic ring is 1. The number of aromatic nitrogens is 1. The van der Waals surface area contributed by atoms with Gasteiger partial charge >= 0.3 is 0 Å². The normalized spacial score (nSPS) is 11.4. The topological polar surface area (TPSA) is 129 Å². The molecular formula is C23H21N5O2S. The number of pyridine rings is 1. The van der Waals surface area contributed by atoms with Crippen LogP contribution in [-0.2, 0) is 11.2 Å². The summed E-state index contributed by atoms with van der Waals surface area (Å²) in [7, 11) is 0. The molecule has 0 saturated heterocycles. The average molecular weight is 432 g/mol. The number of nitriles is 2. The molecule has 0 fully saturated rings. The fourth-order valence-corrected chi connectivity index (χ4v) is 4.12. The first-order chi connectivity index (χ1) is 14.9. The standard InChI is InChI=1S/C23H21N5O2S/c1-4-15-8-5-7-13(2)20(15)27-22(29)14(3)31-23-17(12-25)19(18-9-6-10-30-18)16(11-24)21(26)28-23/h5-10,14H,4H2,1-3H3,(H2,26,28)(H,27,29). The van der Waals surface area contributed by atoms with Gasteiger partial charge in [0.05, 0.1) is 22.6 Å². The molecule has 31 heavy (non-hydrogen) atoms. The van der Waals surface area contributed by atoms with Gasteiger partial charge < -0.3 is 15.5 Å². The van der Waals surface area contributed by atoms with E-state index in [-0.39, 0.29) is 33.4 Å². The van der Waals surface area contributed by atoms with Crippen LogP contribution in [0.5, 0.6) is 0 Å². The van der Waals surface area contributed by atoms with Crippen LogP contribution in [0.25, 0.3) is 11.3 Å². The van der Waals surface area contributed by atoms with E-state index in [0.29, 0.717) is 5.76 Å². The van der Waals surface area contributed by atoms with Crippen molar-refractivity contribution < 1.29 is 9.21 Å². The Kier molecular flexibility index (Phi) is 6.64. The summed E-state index contributed by atoms with van der Waals surface area (Å²) in [6.45, 7) is 5.70. The minimum atomic E-state index is -0.569. The molecule has 1 unspecified atom stereocenters. The highest BCUT2D eigenvalue weighted by atomic mass is 32.2. The third kappa shape index (κ3) is 4.40. The van der Waals surface area contributed by atoms with Gasteiger partial charge in [0.1, 0.15) is 34.3 Å². The minimum absolute atomic E-state index is 0.0184. The second kappa shape index (κ2) is 9.38. The lowest BCUT2D eigenvalue weighted by Gasteiger charge is -2.17. The lowest BCUT2D eigenvalue weighted by Crippen LogP contribution is -2.24. The summed E-state index contributed by atoms with van der Waals surface area (Å²) < 4.78 is 5.41. The van der Waals surface area contributed by atoms with E-state index in [2.05, 4.69) is 16.4 Å². The van der Waals surface area contributed by atoms with E-state index in [0.717, 1.165) is 35.0 Å². The fourth-order valence-electron chi connectivity index (χ4n) is 3.20. The second-order valence-corrected chi connectivity index (χ2v) is 8.17. The lowest BCUT2D eigenvalue weighted by molar-refractivity contribution is -0.115. The summed E-state index contributed by atoms with van der Waals surface area (Å²) in [5.74, 6) is 0.103. The Morgan fingerprint density at radius 1 is 1.26 bits per heavy atom. The van der Waals surface area contributed by atoms with Crippen LogP contribution in [0.3, 0.4) is 0 Å². The highest BCUT2D eigenvalue weighted by molar-refractivity contribution is 8.00. The maximum absolute atomic E-state index is 12.9. The SMILES string of the molecule is CCc1cccc(C)c1NC(=O)C(C)Sc1nc(N)c(C#N)c(-c2ccco2)c1C#N. The number of aryl methyl sites for hydroxylation is 2. The lowest BCUT2D eigenvalue weighted by atomic mass is 10.0. The van der Waals surface area contributed by atoms with Crippen molar-refractivity contribution >= 4 is 29.2 Å². The van der Waals surface area contributed by atoms with E-state index < -0.39 is 5.25 Å². The van der Waals surface area contributed by atoms with E-state index in [9.17, 15) is 15.3 Å². The molecule has 8 heteroatoms. The number of benzene rings is 1. The average Bonchev–Trinajstić information content (AvgIpc) is 3.29. The van der Waals surface area contributed by atoms with Crippen molar-refractivity contribution in [2.24, 2.45) is 0 Å². The molecule has 0 saturated carbocycles. The van der Waals surface area contributed by atoms with Gasteiger partial charge in [-0.3, -0.25) is 4.79 Å². The molecule has 0 aliphatic heterocycles. The first kappa shape index (κ1) is 21.9. The Bertz CT molecular complexity index is 1210. The Morgan fingerprint density at radius 3 is 2.61 bits per heavy atom. The van der Waals surface area contributed by atoms with E-state index in [4.69, 9.17) is 10.2 Å². The van der Waals surface area contributed by atoms with Crippen molar-refractivity contribution in [3.05, 3.63) is 58.8 Å². The highest BCUT2D eigenvalue weighted by Gasteiger charge is 2.25. The van der Waals surface area contributed by atoms with Crippen molar-refractivity contribution in [1.82, 2.24) is 4.98 Å². The number of carbonyl (C=O) groups excluding carboxylic acids is 1. The van der Waals surface area contributed by atoms with Crippen molar-refractivity contribution in [1.29, 1.82) is 10.5 Å². The highest BCUT2D eigenvalue weighted by Crippen LogP contribution is 2.37. The molecule has 156 valence electrons. The van der Waals surface area contributed by atoms with Gasteiger partial charge in [-0.1, -0.05) is 36.9 Å². The smallest absolute Gasteiger partial charge is 0.237 e. The number of para-hydroxylation sites is 1. The molecule has 2 aromatic heterocycles. The number of rotatable bonds is 6. The van der Waals surface area contributed by atoms with Gasteiger partial charge in [-0.05, 0) is 43.5 Å². The number of carbonyl (C=O) groups is 1. The Balaban J connectivity index is 1.95. The summed E-state index contributed by atoms with van der Waals surface area (Å²) in [4.78, 5) is 17.2. The number of anilines is 2. The van der Waals surface area contributed by atoms with Crippen molar-refractivity contribution in [3.63, 3.8) is 0 Å². The summed E-state index contributed by atoms with van der Waals surface area (Å²) in [5, 5.41) is 22.0. The molecule has 3 rings (SSSR count). The number of amides is 1. The van der Waals surface area contributed by atoms with Gasteiger partial charge in [-0.15, -0.1) is 0 Å². The molecule has 7 nitrogen and oxygen atoms in total. The zero-order valence-electron chi connectivity index (χ0n) is 17.4. The molecule has 1 aromatic carbocycles. The number of nitrogens with zero attached hydrogens (tertiary/aromatic N) is 3. The van der Waals surface area contributed by atoms with Crippen LogP contribution in [0.2, 0.25) is 0 Å². The van der Waals surface area contributed by atoms with Crippen LogP contribution in [0.4, 0.5) is 11.5 Å². The predicted molar refractivity (Wildman–Crippen MR) is 120 cm³/mol. The van der Waals surface area contributed by atoms with Crippen LogP contribution in [0, 0.1) is 29.6 Å². The molecule has 0 spiro atoms. The largest absolute Gasteiger partial charge is 0.464 e. The Hall–Kier alpha value is -3.75. The summed E-state index contributed by atoms with van der Waals surface area (Å²) in [5.41, 5.74) is 9.32. The van der Waals surface area contributed by atoms with E-state index >= 15 is 0 Å². The first-order valence-electron chi connectivity index (χ1n) is 9.64. The molecule has 3 aromatic rings. The predicted octanol–water partition coefficient (Wildman–Crippen LogP) is 4.66. The molecular weight excluding hydrogens is 410 g/mol. The van der Waals surface area contributed by atoms with E-state index in [1.54, 1.807) is 19.1 Å². The number of furan rings is 1. The molecule has 0 bridgehead atoms. The van der Waals surface area contributed by atoms with Crippen LogP contribution in [-0.4, -0.2) is 16.1 Å². The van der Waals surface area contributed by atoms with Crippen LogP contribution < -0.4 is 11.1 Å². The molecule has 0 radical (unpaired) electrons. The van der Waals surface area contributed by atoms with Crippen LogP contribution >= 0.6 is 11.8 Å². The third-order valence-corrected chi connectivity index (χ3v) is 5.92. The Labute approximate surface area is 184 Å². The number of thioether (sulfide) groups is 1. The summed E-state index contributed by atoms with van der Waals surface area (Å²) >= 11 is 1.11.